The number of halogens is 9. The highest BCUT2D eigenvalue weighted by molar-refractivity contribution is 5.88. The lowest BCUT2D eigenvalue weighted by molar-refractivity contribution is -0.143. The summed E-state index contributed by atoms with van der Waals surface area (Å²) in [6, 6.07) is 1.78. The minimum Gasteiger partial charge on any atom is -0.478 e. The summed E-state index contributed by atoms with van der Waals surface area (Å²) in [6.07, 6.45) is -15.9. The second-order valence-electron chi connectivity index (χ2n) is 10.3. The first-order valence-electron chi connectivity index (χ1n) is 13.8. The van der Waals surface area contributed by atoms with Gasteiger partial charge in [-0.1, -0.05) is 6.92 Å². The number of rotatable bonds is 8. The first-order chi connectivity index (χ1) is 21.8. The van der Waals surface area contributed by atoms with Crippen LogP contribution in [0.25, 0.3) is 0 Å². The van der Waals surface area contributed by atoms with Crippen LogP contribution in [0.1, 0.15) is 76.6 Å². The van der Waals surface area contributed by atoms with Gasteiger partial charge in [-0.2, -0.15) is 44.6 Å². The highest BCUT2D eigenvalue weighted by atomic mass is 19.4. The van der Waals surface area contributed by atoms with Crippen molar-refractivity contribution in [2.45, 2.75) is 63.7 Å². The SMILES string of the molecule is CCOC(=O)ON1c2ccc(C(F)(F)F)cc2[C@@H](Nc2ncc(C(=O)O)c(Cc3cc(C(F)(F)F)cc(C(F)(F)F)c3)n2)C[C@H]1CC. The van der Waals surface area contributed by atoms with Gasteiger partial charge in [0.25, 0.3) is 0 Å². The Kier molecular flexibility index (Phi) is 9.82. The number of hydrogen-bond acceptors (Lipinski definition) is 8. The number of hydroxylamine groups is 1. The van der Waals surface area contributed by atoms with Crippen molar-refractivity contribution in [1.82, 2.24) is 9.97 Å². The van der Waals surface area contributed by atoms with E-state index in [9.17, 15) is 54.2 Å². The summed E-state index contributed by atoms with van der Waals surface area (Å²) < 4.78 is 126. The molecule has 4 rings (SSSR count). The lowest BCUT2D eigenvalue weighted by Gasteiger charge is -2.40. The largest absolute Gasteiger partial charge is 0.533 e. The Labute approximate surface area is 260 Å². The summed E-state index contributed by atoms with van der Waals surface area (Å²) in [5, 5.41) is 13.6. The van der Waals surface area contributed by atoms with E-state index in [1.165, 1.54) is 6.92 Å². The number of hydrogen-bond donors (Lipinski definition) is 2. The first kappa shape index (κ1) is 35.1. The van der Waals surface area contributed by atoms with E-state index in [0.29, 0.717) is 18.6 Å². The normalized spacial score (nSPS) is 16.8. The summed E-state index contributed by atoms with van der Waals surface area (Å²) in [6.45, 7) is 3.18. The Morgan fingerprint density at radius 1 is 0.936 bits per heavy atom. The van der Waals surface area contributed by atoms with Crippen LogP contribution in [0.3, 0.4) is 0 Å². The van der Waals surface area contributed by atoms with E-state index in [1.807, 2.05) is 0 Å². The van der Waals surface area contributed by atoms with Crippen LogP contribution in [0, 0.1) is 0 Å². The van der Waals surface area contributed by atoms with Crippen molar-refractivity contribution in [2.24, 2.45) is 0 Å². The maximum Gasteiger partial charge on any atom is 0.533 e. The summed E-state index contributed by atoms with van der Waals surface area (Å²) in [7, 11) is 0. The number of nitrogens with zero attached hydrogens (tertiary/aromatic N) is 3. The predicted molar refractivity (Wildman–Crippen MR) is 145 cm³/mol. The molecule has 2 aromatic carbocycles. The molecule has 2 atom stereocenters. The highest BCUT2D eigenvalue weighted by Gasteiger charge is 2.39. The number of fused-ring (bicyclic) bond motifs is 1. The van der Waals surface area contributed by atoms with E-state index < -0.39 is 82.7 Å². The van der Waals surface area contributed by atoms with Crippen LogP contribution in [-0.2, 0) is 34.5 Å². The van der Waals surface area contributed by atoms with Crippen molar-refractivity contribution in [3.8, 4) is 0 Å². The topological polar surface area (TPSA) is 114 Å². The zero-order valence-corrected chi connectivity index (χ0v) is 24.3. The number of ether oxygens (including phenoxy) is 1. The molecular formula is C29H25F9N4O5. The van der Waals surface area contributed by atoms with E-state index >= 15 is 0 Å². The number of alkyl halides is 9. The molecule has 0 saturated heterocycles. The molecule has 1 aliphatic heterocycles. The average Bonchev–Trinajstić information content (AvgIpc) is 2.96. The third-order valence-electron chi connectivity index (χ3n) is 7.13. The minimum atomic E-state index is -5.16. The molecular weight excluding hydrogens is 655 g/mol. The van der Waals surface area contributed by atoms with Gasteiger partial charge in [-0.3, -0.25) is 0 Å². The third-order valence-corrected chi connectivity index (χ3v) is 7.13. The number of aromatic carboxylic acids is 1. The fourth-order valence-electron chi connectivity index (χ4n) is 4.99. The summed E-state index contributed by atoms with van der Waals surface area (Å²) in [5.74, 6) is -2.01. The third kappa shape index (κ3) is 8.15. The van der Waals surface area contributed by atoms with Crippen LogP contribution < -0.4 is 10.4 Å². The van der Waals surface area contributed by atoms with Gasteiger partial charge in [0.15, 0.2) is 0 Å². The van der Waals surface area contributed by atoms with Gasteiger partial charge in [0, 0.05) is 18.2 Å². The first-order valence-corrected chi connectivity index (χ1v) is 13.8. The van der Waals surface area contributed by atoms with E-state index in [0.717, 1.165) is 29.5 Å². The highest BCUT2D eigenvalue weighted by Crippen LogP contribution is 2.43. The molecule has 0 aliphatic carbocycles. The molecule has 0 fully saturated rings. The van der Waals surface area contributed by atoms with Gasteiger partial charge in [0.2, 0.25) is 5.95 Å². The van der Waals surface area contributed by atoms with E-state index in [2.05, 4.69) is 15.3 Å². The van der Waals surface area contributed by atoms with Crippen molar-refractivity contribution in [3.05, 3.63) is 81.7 Å². The van der Waals surface area contributed by atoms with Crippen LogP contribution >= 0.6 is 0 Å². The van der Waals surface area contributed by atoms with Gasteiger partial charge in [0.1, 0.15) is 0 Å². The summed E-state index contributed by atoms with van der Waals surface area (Å²) in [5.41, 5.74) is -5.94. The van der Waals surface area contributed by atoms with Crippen LogP contribution in [0.15, 0.2) is 42.6 Å². The molecule has 0 radical (unpaired) electrons. The number of carboxylic acids is 1. The summed E-state index contributed by atoms with van der Waals surface area (Å²) in [4.78, 5) is 37.2. The van der Waals surface area contributed by atoms with Crippen molar-refractivity contribution in [1.29, 1.82) is 0 Å². The Hall–Kier alpha value is -4.77. The molecule has 1 aromatic heterocycles. The fraction of sp³-hybridized carbons (Fsp3) is 0.379. The monoisotopic (exact) mass is 680 g/mol. The van der Waals surface area contributed by atoms with Gasteiger partial charge in [-0.05, 0) is 61.7 Å². The van der Waals surface area contributed by atoms with E-state index in [4.69, 9.17) is 9.57 Å². The van der Waals surface area contributed by atoms with Gasteiger partial charge >= 0.3 is 30.7 Å². The van der Waals surface area contributed by atoms with Gasteiger partial charge in [-0.15, -0.1) is 0 Å². The molecule has 1 aliphatic rings. The number of carboxylic acid groups (broad SMARTS) is 1. The Bertz CT molecular complexity index is 1610. The Morgan fingerprint density at radius 3 is 2.09 bits per heavy atom. The van der Waals surface area contributed by atoms with Crippen LogP contribution in [0.5, 0.6) is 0 Å². The molecule has 9 nitrogen and oxygen atoms in total. The van der Waals surface area contributed by atoms with Crippen molar-refractivity contribution >= 4 is 23.8 Å². The fourth-order valence-corrected chi connectivity index (χ4v) is 4.99. The number of carbonyl (C=O) groups excluding carboxylic acids is 1. The maximum atomic E-state index is 13.7. The van der Waals surface area contributed by atoms with E-state index in [-0.39, 0.29) is 36.3 Å². The molecule has 254 valence electrons. The van der Waals surface area contributed by atoms with Gasteiger partial charge < -0.3 is 20.0 Å². The van der Waals surface area contributed by atoms with Crippen molar-refractivity contribution < 1.29 is 63.8 Å². The molecule has 0 saturated carbocycles. The molecule has 0 bridgehead atoms. The van der Waals surface area contributed by atoms with Crippen LogP contribution in [0.4, 0.5) is 55.9 Å². The zero-order chi connectivity index (χ0) is 34.9. The van der Waals surface area contributed by atoms with E-state index in [1.54, 1.807) is 6.92 Å². The molecule has 2 N–H and O–H groups in total. The van der Waals surface area contributed by atoms with Crippen molar-refractivity contribution in [2.75, 3.05) is 17.0 Å². The standard InChI is InChI=1S/C29H25F9N4O5/c1-3-18-12-22(19-11-15(27(30,31)32)5-6-23(19)42(18)47-26(45)46-4-2)41-25-39-13-20(24(43)44)21(40-25)9-14-7-16(28(33,34)35)10-17(8-14)29(36,37)38/h5-8,10-11,13,18,22H,3-4,9,12H2,1-2H3,(H,43,44)(H,39,40,41)/t18-,22+/m1/s1. The Balaban J connectivity index is 1.77. The molecule has 0 unspecified atom stereocenters. The maximum absolute atomic E-state index is 13.7. The molecule has 2 heterocycles. The average molecular weight is 681 g/mol. The minimum absolute atomic E-state index is 0.0217. The van der Waals surface area contributed by atoms with Gasteiger partial charge in [-0.25, -0.2) is 19.6 Å². The molecule has 0 spiro atoms. The smallest absolute Gasteiger partial charge is 0.478 e. The Morgan fingerprint density at radius 2 is 1.55 bits per heavy atom. The van der Waals surface area contributed by atoms with Crippen LogP contribution in [0.2, 0.25) is 0 Å². The predicted octanol–water partition coefficient (Wildman–Crippen LogP) is 8.05. The molecule has 18 heteroatoms. The molecule has 47 heavy (non-hydrogen) atoms. The second-order valence-corrected chi connectivity index (χ2v) is 10.3. The lowest BCUT2D eigenvalue weighted by Crippen LogP contribution is -2.43. The molecule has 0 amide bonds. The number of carbonyl (C=O) groups is 2. The number of aromatic nitrogens is 2. The summed E-state index contributed by atoms with van der Waals surface area (Å²) >= 11 is 0. The lowest BCUT2D eigenvalue weighted by atomic mass is 9.90. The van der Waals surface area contributed by atoms with Crippen molar-refractivity contribution in [3.63, 3.8) is 0 Å². The van der Waals surface area contributed by atoms with Gasteiger partial charge in [0.05, 0.1) is 52.3 Å². The second kappa shape index (κ2) is 13.2. The quantitative estimate of drug-likeness (QED) is 0.180. The van der Waals surface area contributed by atoms with Crippen LogP contribution in [-0.4, -0.2) is 39.8 Å². The molecule has 3 aromatic rings. The number of anilines is 2. The number of nitrogens with one attached hydrogen (secondary N) is 1. The zero-order valence-electron chi connectivity index (χ0n) is 24.3. The number of benzene rings is 2.